The van der Waals surface area contributed by atoms with Crippen molar-refractivity contribution in [3.05, 3.63) is 36.5 Å². The zero-order valence-corrected chi connectivity index (χ0v) is 59.1. The number of amides is 1. The molecule has 11 nitrogen and oxygen atoms in total. The molecular weight excluding hydrogens is 1120 g/mol. The third-order valence-corrected chi connectivity index (χ3v) is 19.2. The van der Waals surface area contributed by atoms with Crippen molar-refractivity contribution in [1.29, 1.82) is 0 Å². The predicted molar refractivity (Wildman–Crippen MR) is 381 cm³/mol. The van der Waals surface area contributed by atoms with Crippen molar-refractivity contribution in [3.63, 3.8) is 0 Å². The van der Waals surface area contributed by atoms with Crippen molar-refractivity contribution in [2.24, 2.45) is 0 Å². The van der Waals surface area contributed by atoms with E-state index in [0.29, 0.717) is 12.8 Å². The van der Waals surface area contributed by atoms with Crippen LogP contribution in [0.25, 0.3) is 0 Å². The van der Waals surface area contributed by atoms with Gasteiger partial charge in [-0.3, -0.25) is 4.79 Å². The van der Waals surface area contributed by atoms with Crippen LogP contribution in [0, 0.1) is 0 Å². The van der Waals surface area contributed by atoms with E-state index in [1.165, 1.54) is 308 Å². The lowest BCUT2D eigenvalue weighted by Crippen LogP contribution is -2.60. The minimum atomic E-state index is -1.67. The van der Waals surface area contributed by atoms with Crippen molar-refractivity contribution in [1.82, 2.24) is 5.32 Å². The van der Waals surface area contributed by atoms with Crippen LogP contribution in [0.5, 0.6) is 0 Å². The Kier molecular flexibility index (Phi) is 64.6. The molecule has 0 aliphatic carbocycles. The Labute approximate surface area is 556 Å². The second-order valence-corrected chi connectivity index (χ2v) is 27.8. The summed E-state index contributed by atoms with van der Waals surface area (Å²) >= 11 is 0. The van der Waals surface area contributed by atoms with E-state index in [0.717, 1.165) is 44.9 Å². The molecule has 8 N–H and O–H groups in total. The summed E-state index contributed by atoms with van der Waals surface area (Å²) in [5.41, 5.74) is 0. The van der Waals surface area contributed by atoms with Gasteiger partial charge in [0.15, 0.2) is 6.29 Å². The maximum absolute atomic E-state index is 13.3. The van der Waals surface area contributed by atoms with Gasteiger partial charge in [0, 0.05) is 0 Å². The first kappa shape index (κ1) is 86.3. The number of hydrogen-bond donors (Lipinski definition) is 8. The summed E-state index contributed by atoms with van der Waals surface area (Å²) in [6, 6.07) is -1.19. The second-order valence-electron chi connectivity index (χ2n) is 27.8. The number of nitrogens with one attached hydrogen (secondary N) is 1. The van der Waals surface area contributed by atoms with Gasteiger partial charge in [0.1, 0.15) is 36.6 Å². The van der Waals surface area contributed by atoms with Crippen LogP contribution in [0.1, 0.15) is 393 Å². The highest BCUT2D eigenvalue weighted by atomic mass is 16.7. The SMILES string of the molecule is CCCCCCCCCCCCCCC/C=C\C/C=C\CCCCCCCCCCCCCCCCCCC(O)C(=O)NC(COC1OC(CO)C(O)C(O)C1O)C(O)C(O)CCC/C=C/CCCCCCCCCCCCCCCCCCCCCCCC. The summed E-state index contributed by atoms with van der Waals surface area (Å²) in [6.45, 7) is 3.51. The summed E-state index contributed by atoms with van der Waals surface area (Å²) in [7, 11) is 0. The molecule has 532 valence electrons. The summed E-state index contributed by atoms with van der Waals surface area (Å²) < 4.78 is 11.2. The van der Waals surface area contributed by atoms with Gasteiger partial charge < -0.3 is 50.5 Å². The van der Waals surface area contributed by atoms with Crippen LogP contribution in [0.2, 0.25) is 0 Å². The summed E-state index contributed by atoms with van der Waals surface area (Å²) in [5, 5.41) is 76.7. The molecule has 0 spiro atoms. The van der Waals surface area contributed by atoms with E-state index in [2.05, 4.69) is 55.6 Å². The standard InChI is InChI=1S/C79H151NO10/c1-3-5-7-9-11-13-15-17-19-21-23-25-27-29-31-32-33-34-35-36-37-38-39-41-43-45-47-49-51-53-55-57-59-61-63-65-67-72(83)78(88)80-70(69-89-79-77(87)76(86)75(85)73(68-81)90-79)74(84)71(82)66-64-62-60-58-56-54-52-50-48-46-44-42-40-30-28-26-24-22-20-18-16-14-12-10-8-6-4-2/h31-32,34-35,58,60,70-77,79,81-87H,3-30,33,36-57,59,61-69H2,1-2H3,(H,80,88)/b32-31-,35-34-,60-58+. The number of ether oxygens (including phenoxy) is 2. The van der Waals surface area contributed by atoms with Crippen LogP contribution in [-0.2, 0) is 14.3 Å². The van der Waals surface area contributed by atoms with Crippen molar-refractivity contribution >= 4 is 5.91 Å². The van der Waals surface area contributed by atoms with E-state index in [1.807, 2.05) is 0 Å². The Hall–Kier alpha value is -1.67. The van der Waals surface area contributed by atoms with Gasteiger partial charge in [-0.25, -0.2) is 0 Å². The molecule has 90 heavy (non-hydrogen) atoms. The smallest absolute Gasteiger partial charge is 0.249 e. The summed E-state index contributed by atoms with van der Waals surface area (Å²) in [5.74, 6) is -0.700. The van der Waals surface area contributed by atoms with Gasteiger partial charge in [-0.1, -0.05) is 359 Å². The average molecular weight is 1280 g/mol. The molecule has 0 aromatic carbocycles. The molecule has 0 saturated carbocycles. The highest BCUT2D eigenvalue weighted by Gasteiger charge is 2.44. The molecule has 1 saturated heterocycles. The van der Waals surface area contributed by atoms with Crippen LogP contribution >= 0.6 is 0 Å². The molecule has 1 fully saturated rings. The molecule has 11 heteroatoms. The maximum Gasteiger partial charge on any atom is 0.249 e. The minimum absolute atomic E-state index is 0.256. The molecule has 0 bridgehead atoms. The van der Waals surface area contributed by atoms with Crippen molar-refractivity contribution in [2.75, 3.05) is 13.2 Å². The molecule has 1 aliphatic heterocycles. The van der Waals surface area contributed by atoms with Crippen LogP contribution in [0.4, 0.5) is 0 Å². The van der Waals surface area contributed by atoms with Crippen LogP contribution in [0.3, 0.4) is 0 Å². The first-order valence-corrected chi connectivity index (χ1v) is 39.4. The van der Waals surface area contributed by atoms with Gasteiger partial charge in [-0.2, -0.15) is 0 Å². The van der Waals surface area contributed by atoms with Crippen molar-refractivity contribution in [3.8, 4) is 0 Å². The molecule has 9 unspecified atom stereocenters. The van der Waals surface area contributed by atoms with Gasteiger partial charge in [-0.05, 0) is 70.6 Å². The second kappa shape index (κ2) is 67.3. The maximum atomic E-state index is 13.3. The normalized spacial score (nSPS) is 18.6. The van der Waals surface area contributed by atoms with E-state index in [9.17, 15) is 40.5 Å². The van der Waals surface area contributed by atoms with E-state index < -0.39 is 74.2 Å². The molecular formula is C79H151NO10. The van der Waals surface area contributed by atoms with E-state index in [-0.39, 0.29) is 12.8 Å². The molecule has 0 aromatic rings. The molecule has 0 aromatic heterocycles. The van der Waals surface area contributed by atoms with E-state index >= 15 is 0 Å². The largest absolute Gasteiger partial charge is 0.394 e. The first-order chi connectivity index (χ1) is 44.2. The van der Waals surface area contributed by atoms with Gasteiger partial charge in [0.2, 0.25) is 5.91 Å². The third-order valence-electron chi connectivity index (χ3n) is 19.2. The van der Waals surface area contributed by atoms with Crippen LogP contribution < -0.4 is 5.32 Å². The highest BCUT2D eigenvalue weighted by molar-refractivity contribution is 5.80. The number of aliphatic hydroxyl groups is 7. The number of carbonyl (C=O) groups is 1. The Balaban J connectivity index is 2.15. The van der Waals surface area contributed by atoms with E-state index in [1.54, 1.807) is 0 Å². The Bertz CT molecular complexity index is 1560. The fraction of sp³-hybridized carbons (Fsp3) is 0.911. The van der Waals surface area contributed by atoms with Gasteiger partial charge in [0.25, 0.3) is 0 Å². The topological polar surface area (TPSA) is 189 Å². The first-order valence-electron chi connectivity index (χ1n) is 39.4. The van der Waals surface area contributed by atoms with Crippen LogP contribution in [0.15, 0.2) is 36.5 Å². The lowest BCUT2D eigenvalue weighted by molar-refractivity contribution is -0.303. The van der Waals surface area contributed by atoms with Gasteiger partial charge >= 0.3 is 0 Å². The lowest BCUT2D eigenvalue weighted by atomic mass is 9.98. The van der Waals surface area contributed by atoms with Crippen molar-refractivity contribution in [2.45, 2.75) is 448 Å². The zero-order chi connectivity index (χ0) is 65.3. The zero-order valence-electron chi connectivity index (χ0n) is 59.1. The fourth-order valence-electron chi connectivity index (χ4n) is 12.9. The number of carbonyl (C=O) groups excluding carboxylic acids is 1. The quantitative estimate of drug-likeness (QED) is 0.0215. The number of unbranched alkanes of at least 4 members (excludes halogenated alkanes) is 52. The monoisotopic (exact) mass is 1270 g/mol. The minimum Gasteiger partial charge on any atom is -0.394 e. The molecule has 1 amide bonds. The number of allylic oxidation sites excluding steroid dienone is 6. The number of hydrogen-bond acceptors (Lipinski definition) is 10. The molecule has 9 atom stereocenters. The van der Waals surface area contributed by atoms with Gasteiger partial charge in [0.05, 0.1) is 25.4 Å². The Morgan fingerprint density at radius 1 is 0.389 bits per heavy atom. The molecule has 1 rings (SSSR count). The van der Waals surface area contributed by atoms with Crippen LogP contribution in [-0.4, -0.2) is 110 Å². The highest BCUT2D eigenvalue weighted by Crippen LogP contribution is 2.24. The molecule has 1 aliphatic rings. The molecule has 1 heterocycles. The van der Waals surface area contributed by atoms with Crippen molar-refractivity contribution < 1.29 is 50.0 Å². The van der Waals surface area contributed by atoms with Gasteiger partial charge in [-0.15, -0.1) is 0 Å². The summed E-state index contributed by atoms with van der Waals surface area (Å²) in [6.07, 6.45) is 76.9. The Morgan fingerprint density at radius 2 is 0.689 bits per heavy atom. The number of rotatable bonds is 70. The fourth-order valence-corrected chi connectivity index (χ4v) is 12.9. The molecule has 0 radical (unpaired) electrons. The average Bonchev–Trinajstić information content (AvgIpc) is 1.44. The lowest BCUT2D eigenvalue weighted by Gasteiger charge is -2.40. The Morgan fingerprint density at radius 3 is 1.02 bits per heavy atom. The summed E-state index contributed by atoms with van der Waals surface area (Å²) in [4.78, 5) is 13.3. The number of aliphatic hydroxyl groups excluding tert-OH is 7. The third kappa shape index (κ3) is 53.6. The predicted octanol–water partition coefficient (Wildman–Crippen LogP) is 20.1. The van der Waals surface area contributed by atoms with E-state index in [4.69, 9.17) is 9.47 Å².